The third-order valence-electron chi connectivity index (χ3n) is 3.38. The maximum atomic E-state index is 13.4. The molecule has 0 aliphatic heterocycles. The lowest BCUT2D eigenvalue weighted by molar-refractivity contribution is 0.0909. The number of benzene rings is 2. The number of methoxy groups -OCH3 is 1. The fourth-order valence-corrected chi connectivity index (χ4v) is 2.83. The van der Waals surface area contributed by atoms with Gasteiger partial charge in [0.25, 0.3) is 5.91 Å². The highest BCUT2D eigenvalue weighted by Gasteiger charge is 2.27. The quantitative estimate of drug-likeness (QED) is 0.767. The van der Waals surface area contributed by atoms with E-state index >= 15 is 0 Å². The van der Waals surface area contributed by atoms with Crippen molar-refractivity contribution in [1.29, 1.82) is 0 Å². The van der Waals surface area contributed by atoms with Gasteiger partial charge in [0.15, 0.2) is 0 Å². The largest absolute Gasteiger partial charge is 0.496 e. The van der Waals surface area contributed by atoms with E-state index in [4.69, 9.17) is 4.74 Å². The van der Waals surface area contributed by atoms with E-state index in [1.54, 1.807) is 13.2 Å². The molecule has 2 aromatic carbocycles. The lowest BCUT2D eigenvalue weighted by Gasteiger charge is -2.28. The van der Waals surface area contributed by atoms with Crippen molar-refractivity contribution >= 4 is 28.5 Å². The normalized spacial score (nSPS) is 11.1. The first kappa shape index (κ1) is 16.7. The van der Waals surface area contributed by atoms with E-state index in [0.29, 0.717) is 14.9 Å². The van der Waals surface area contributed by atoms with Gasteiger partial charge in [0.1, 0.15) is 11.6 Å². The molecule has 0 aliphatic carbocycles. The highest BCUT2D eigenvalue weighted by atomic mass is 127. The summed E-state index contributed by atoms with van der Waals surface area (Å²) in [7, 11) is 1.59. The number of ether oxygens (including phenoxy) is 1. The second-order valence-electron chi connectivity index (χ2n) is 5.40. The number of para-hydroxylation sites is 1. The molecule has 5 heteroatoms. The third kappa shape index (κ3) is 3.58. The first-order valence-electron chi connectivity index (χ1n) is 6.76. The van der Waals surface area contributed by atoms with E-state index in [-0.39, 0.29) is 5.91 Å². The number of hydrogen-bond donors (Lipinski definition) is 1. The minimum Gasteiger partial charge on any atom is -0.496 e. The molecule has 22 heavy (non-hydrogen) atoms. The number of carbonyl (C=O) groups is 1. The van der Waals surface area contributed by atoms with Gasteiger partial charge < -0.3 is 10.1 Å². The molecule has 0 aliphatic rings. The van der Waals surface area contributed by atoms with Gasteiger partial charge in [0, 0.05) is 9.13 Å². The Morgan fingerprint density at radius 2 is 1.91 bits per heavy atom. The summed E-state index contributed by atoms with van der Waals surface area (Å²) in [5, 5.41) is 2.94. The fourth-order valence-electron chi connectivity index (χ4n) is 2.25. The summed E-state index contributed by atoms with van der Waals surface area (Å²) in [4.78, 5) is 12.5. The molecule has 0 aromatic heterocycles. The topological polar surface area (TPSA) is 38.3 Å². The van der Waals surface area contributed by atoms with Crippen molar-refractivity contribution in [3.05, 3.63) is 63.0 Å². The Morgan fingerprint density at radius 3 is 2.59 bits per heavy atom. The highest BCUT2D eigenvalue weighted by molar-refractivity contribution is 14.1. The molecule has 0 heterocycles. The molecule has 0 saturated heterocycles. The molecule has 0 saturated carbocycles. The molecule has 0 fully saturated rings. The maximum absolute atomic E-state index is 13.4. The average molecular weight is 413 g/mol. The molecule has 1 N–H and O–H groups in total. The number of carbonyl (C=O) groups excluding carboxylic acids is 1. The van der Waals surface area contributed by atoms with Gasteiger partial charge in [-0.3, -0.25) is 4.79 Å². The Hall–Kier alpha value is -1.63. The van der Waals surface area contributed by atoms with Crippen LogP contribution in [0.3, 0.4) is 0 Å². The van der Waals surface area contributed by atoms with Crippen LogP contribution in [0.25, 0.3) is 0 Å². The summed E-state index contributed by atoms with van der Waals surface area (Å²) >= 11 is 2.02. The van der Waals surface area contributed by atoms with Crippen molar-refractivity contribution in [2.24, 2.45) is 0 Å². The van der Waals surface area contributed by atoms with Gasteiger partial charge in [0.2, 0.25) is 0 Å². The van der Waals surface area contributed by atoms with Crippen molar-refractivity contribution in [3.63, 3.8) is 0 Å². The number of hydrogen-bond acceptors (Lipinski definition) is 2. The summed E-state index contributed by atoms with van der Waals surface area (Å²) in [5.74, 6) is -0.0535. The van der Waals surface area contributed by atoms with E-state index in [2.05, 4.69) is 5.32 Å². The Morgan fingerprint density at radius 1 is 1.23 bits per heavy atom. The Labute approximate surface area is 143 Å². The zero-order valence-electron chi connectivity index (χ0n) is 12.6. The summed E-state index contributed by atoms with van der Waals surface area (Å²) in [6.07, 6.45) is 0. The van der Waals surface area contributed by atoms with Crippen molar-refractivity contribution < 1.29 is 13.9 Å². The first-order chi connectivity index (χ1) is 10.3. The predicted octanol–water partition coefficient (Wildman–Crippen LogP) is 4.10. The monoisotopic (exact) mass is 413 g/mol. The molecule has 2 rings (SSSR count). The SMILES string of the molecule is COc1ccccc1C(C)(C)NC(=O)c1cc(F)ccc1I. The molecule has 1 amide bonds. The molecule has 3 nitrogen and oxygen atoms in total. The lowest BCUT2D eigenvalue weighted by Crippen LogP contribution is -2.41. The van der Waals surface area contributed by atoms with Crippen molar-refractivity contribution in [2.45, 2.75) is 19.4 Å². The average Bonchev–Trinajstić information content (AvgIpc) is 2.49. The number of halogens is 2. The van der Waals surface area contributed by atoms with Crippen LogP contribution in [0.5, 0.6) is 5.75 Å². The molecule has 0 bridgehead atoms. The second-order valence-corrected chi connectivity index (χ2v) is 6.57. The third-order valence-corrected chi connectivity index (χ3v) is 4.32. The first-order valence-corrected chi connectivity index (χ1v) is 7.84. The van der Waals surface area contributed by atoms with Gasteiger partial charge in [-0.25, -0.2) is 4.39 Å². The fraction of sp³-hybridized carbons (Fsp3) is 0.235. The van der Waals surface area contributed by atoms with Crippen LogP contribution >= 0.6 is 22.6 Å². The van der Waals surface area contributed by atoms with Gasteiger partial charge in [0.05, 0.1) is 18.2 Å². The van der Waals surface area contributed by atoms with Crippen LogP contribution in [0.15, 0.2) is 42.5 Å². The van der Waals surface area contributed by atoms with Crippen molar-refractivity contribution in [3.8, 4) is 5.75 Å². The van der Waals surface area contributed by atoms with Crippen LogP contribution in [-0.2, 0) is 5.54 Å². The van der Waals surface area contributed by atoms with Gasteiger partial charge in [-0.05, 0) is 60.7 Å². The van der Waals surface area contributed by atoms with Crippen LogP contribution in [0.1, 0.15) is 29.8 Å². The summed E-state index contributed by atoms with van der Waals surface area (Å²) in [6, 6.07) is 11.7. The lowest BCUT2D eigenvalue weighted by atomic mass is 9.93. The standard InChI is InChI=1S/C17H17FINO2/c1-17(2,13-6-4-5-7-15(13)22-3)20-16(21)12-10-11(18)8-9-14(12)19/h4-10H,1-3H3,(H,20,21). The zero-order chi connectivity index (χ0) is 16.3. The molecular formula is C17H17FINO2. The van der Waals surface area contributed by atoms with Gasteiger partial charge in [-0.15, -0.1) is 0 Å². The number of amides is 1. The Balaban J connectivity index is 2.32. The Kier molecular flexibility index (Phi) is 5.05. The second kappa shape index (κ2) is 6.64. The number of rotatable bonds is 4. The van der Waals surface area contributed by atoms with E-state index in [1.807, 2.05) is 60.7 Å². The van der Waals surface area contributed by atoms with Crippen molar-refractivity contribution in [2.75, 3.05) is 7.11 Å². The van der Waals surface area contributed by atoms with Gasteiger partial charge in [-0.2, -0.15) is 0 Å². The molecule has 2 aromatic rings. The molecule has 0 unspecified atom stereocenters. The van der Waals surface area contributed by atoms with Crippen LogP contribution in [0, 0.1) is 9.39 Å². The molecule has 0 spiro atoms. The van der Waals surface area contributed by atoms with E-state index < -0.39 is 11.4 Å². The predicted molar refractivity (Wildman–Crippen MR) is 92.6 cm³/mol. The van der Waals surface area contributed by atoms with Gasteiger partial charge in [-0.1, -0.05) is 18.2 Å². The van der Waals surface area contributed by atoms with Gasteiger partial charge >= 0.3 is 0 Å². The number of nitrogens with one attached hydrogen (secondary N) is 1. The smallest absolute Gasteiger partial charge is 0.253 e. The molecule has 116 valence electrons. The summed E-state index contributed by atoms with van der Waals surface area (Å²) in [5.41, 5.74) is 0.528. The minimum atomic E-state index is -0.654. The minimum absolute atomic E-state index is 0.320. The Bertz CT molecular complexity index is 701. The van der Waals surface area contributed by atoms with E-state index in [0.717, 1.165) is 5.56 Å². The molecule has 0 atom stereocenters. The highest BCUT2D eigenvalue weighted by Crippen LogP contribution is 2.29. The zero-order valence-corrected chi connectivity index (χ0v) is 14.8. The molecule has 0 radical (unpaired) electrons. The summed E-state index contributed by atoms with van der Waals surface area (Å²) < 4.78 is 19.4. The maximum Gasteiger partial charge on any atom is 0.253 e. The van der Waals surface area contributed by atoms with Crippen LogP contribution in [-0.4, -0.2) is 13.0 Å². The van der Waals surface area contributed by atoms with Crippen LogP contribution < -0.4 is 10.1 Å². The summed E-state index contributed by atoms with van der Waals surface area (Å²) in [6.45, 7) is 3.77. The van der Waals surface area contributed by atoms with Crippen molar-refractivity contribution in [1.82, 2.24) is 5.32 Å². The van der Waals surface area contributed by atoms with E-state index in [9.17, 15) is 9.18 Å². The van der Waals surface area contributed by atoms with Crippen LogP contribution in [0.2, 0.25) is 0 Å². The van der Waals surface area contributed by atoms with Crippen LogP contribution in [0.4, 0.5) is 4.39 Å². The van der Waals surface area contributed by atoms with E-state index in [1.165, 1.54) is 12.1 Å². The molecular weight excluding hydrogens is 396 g/mol.